The van der Waals surface area contributed by atoms with Crippen molar-refractivity contribution < 1.29 is 28.6 Å². The van der Waals surface area contributed by atoms with Gasteiger partial charge in [-0.25, -0.2) is 0 Å². The van der Waals surface area contributed by atoms with Crippen LogP contribution in [-0.2, 0) is 28.6 Å². The van der Waals surface area contributed by atoms with Crippen LogP contribution in [0.5, 0.6) is 0 Å². The van der Waals surface area contributed by atoms with Crippen molar-refractivity contribution in [1.82, 2.24) is 0 Å². The summed E-state index contributed by atoms with van der Waals surface area (Å²) in [6, 6.07) is 0. The Morgan fingerprint density at radius 1 is 0.373 bits per heavy atom. The number of hydrogen-bond acceptors (Lipinski definition) is 6. The van der Waals surface area contributed by atoms with Gasteiger partial charge in [0, 0.05) is 19.3 Å². The molecular weight excluding hydrogens is 636 g/mol. The maximum atomic E-state index is 12.7. The number of unbranched alkanes of at least 4 members (excludes halogenated alkanes) is 27. The smallest absolute Gasteiger partial charge is 0.306 e. The van der Waals surface area contributed by atoms with Crippen LogP contribution in [0, 0.1) is 5.92 Å². The van der Waals surface area contributed by atoms with E-state index in [0.717, 1.165) is 63.7 Å². The quantitative estimate of drug-likeness (QED) is 0.0356. The van der Waals surface area contributed by atoms with Gasteiger partial charge < -0.3 is 14.2 Å². The molecule has 0 spiro atoms. The van der Waals surface area contributed by atoms with Gasteiger partial charge in [-0.1, -0.05) is 207 Å². The van der Waals surface area contributed by atoms with E-state index < -0.39 is 6.10 Å². The third-order valence-electron chi connectivity index (χ3n) is 10.0. The summed E-state index contributed by atoms with van der Waals surface area (Å²) >= 11 is 0. The summed E-state index contributed by atoms with van der Waals surface area (Å²) in [5, 5.41) is 0. The zero-order valence-corrected chi connectivity index (χ0v) is 34.6. The van der Waals surface area contributed by atoms with Crippen LogP contribution < -0.4 is 0 Å². The highest BCUT2D eigenvalue weighted by atomic mass is 16.6. The summed E-state index contributed by atoms with van der Waals surface area (Å²) in [6.07, 6.45) is 38.1. The van der Waals surface area contributed by atoms with Crippen LogP contribution in [0.4, 0.5) is 0 Å². The highest BCUT2D eigenvalue weighted by molar-refractivity contribution is 5.71. The molecule has 51 heavy (non-hydrogen) atoms. The van der Waals surface area contributed by atoms with Gasteiger partial charge in [0.1, 0.15) is 13.2 Å². The second-order valence-electron chi connectivity index (χ2n) is 15.8. The van der Waals surface area contributed by atoms with Gasteiger partial charge in [0.2, 0.25) is 0 Å². The zero-order valence-electron chi connectivity index (χ0n) is 34.6. The van der Waals surface area contributed by atoms with Gasteiger partial charge in [-0.05, 0) is 25.2 Å². The van der Waals surface area contributed by atoms with Gasteiger partial charge in [-0.2, -0.15) is 0 Å². The first-order chi connectivity index (χ1) is 24.9. The van der Waals surface area contributed by atoms with Crippen molar-refractivity contribution in [3.8, 4) is 0 Å². The molecule has 1 atom stereocenters. The maximum absolute atomic E-state index is 12.7. The zero-order chi connectivity index (χ0) is 37.5. The van der Waals surface area contributed by atoms with E-state index in [9.17, 15) is 14.4 Å². The molecular formula is C45H86O6. The van der Waals surface area contributed by atoms with E-state index in [0.29, 0.717) is 19.3 Å². The molecule has 6 heteroatoms. The Bertz CT molecular complexity index is 766. The lowest BCUT2D eigenvalue weighted by molar-refractivity contribution is -0.167. The summed E-state index contributed by atoms with van der Waals surface area (Å²) in [6.45, 7) is 8.95. The van der Waals surface area contributed by atoms with E-state index in [2.05, 4.69) is 27.7 Å². The fourth-order valence-corrected chi connectivity index (χ4v) is 6.63. The van der Waals surface area contributed by atoms with Gasteiger partial charge in [-0.3, -0.25) is 14.4 Å². The largest absolute Gasteiger partial charge is 0.462 e. The molecule has 0 aliphatic heterocycles. The van der Waals surface area contributed by atoms with Gasteiger partial charge in [0.15, 0.2) is 6.10 Å². The predicted molar refractivity (Wildman–Crippen MR) is 215 cm³/mol. The van der Waals surface area contributed by atoms with Crippen LogP contribution in [0.15, 0.2) is 0 Å². The first kappa shape index (κ1) is 49.4. The molecule has 0 N–H and O–H groups in total. The van der Waals surface area contributed by atoms with Crippen molar-refractivity contribution in [2.75, 3.05) is 13.2 Å². The molecule has 0 aromatic rings. The molecule has 0 aliphatic carbocycles. The van der Waals surface area contributed by atoms with Gasteiger partial charge in [-0.15, -0.1) is 0 Å². The SMILES string of the molecule is CCCCCCCCCCCCCCC(=O)O[C@@H](COC(=O)CCCCCCCCC)COC(=O)CCCCCCCCCCCCCC(C)C. The summed E-state index contributed by atoms with van der Waals surface area (Å²) in [7, 11) is 0. The average molecular weight is 723 g/mol. The van der Waals surface area contributed by atoms with Crippen molar-refractivity contribution >= 4 is 17.9 Å². The van der Waals surface area contributed by atoms with Crippen molar-refractivity contribution in [2.24, 2.45) is 5.92 Å². The number of esters is 3. The Balaban J connectivity index is 4.27. The Hall–Kier alpha value is -1.59. The number of carbonyl (C=O) groups is 3. The van der Waals surface area contributed by atoms with Crippen molar-refractivity contribution in [1.29, 1.82) is 0 Å². The van der Waals surface area contributed by atoms with Crippen LogP contribution in [-0.4, -0.2) is 37.2 Å². The van der Waals surface area contributed by atoms with Crippen LogP contribution in [0.2, 0.25) is 0 Å². The third kappa shape index (κ3) is 39.5. The normalized spacial score (nSPS) is 11.9. The molecule has 0 aromatic carbocycles. The summed E-state index contributed by atoms with van der Waals surface area (Å²) in [4.78, 5) is 37.5. The molecule has 0 heterocycles. The highest BCUT2D eigenvalue weighted by Gasteiger charge is 2.19. The van der Waals surface area contributed by atoms with Crippen LogP contribution in [0.25, 0.3) is 0 Å². The molecule has 0 saturated carbocycles. The van der Waals surface area contributed by atoms with Crippen molar-refractivity contribution in [2.45, 2.75) is 252 Å². The van der Waals surface area contributed by atoms with Gasteiger partial charge in [0.05, 0.1) is 0 Å². The molecule has 0 aliphatic rings. The molecule has 0 rings (SSSR count). The second kappa shape index (κ2) is 39.6. The Kier molecular flexibility index (Phi) is 38.4. The van der Waals surface area contributed by atoms with E-state index >= 15 is 0 Å². The molecule has 0 radical (unpaired) electrons. The molecule has 0 bridgehead atoms. The first-order valence-corrected chi connectivity index (χ1v) is 22.4. The molecule has 0 amide bonds. The second-order valence-corrected chi connectivity index (χ2v) is 15.8. The number of rotatable bonds is 40. The van der Waals surface area contributed by atoms with Crippen molar-refractivity contribution in [3.63, 3.8) is 0 Å². The number of hydrogen-bond donors (Lipinski definition) is 0. The fraction of sp³-hybridized carbons (Fsp3) is 0.933. The van der Waals surface area contributed by atoms with E-state index in [1.165, 1.54) is 141 Å². The topological polar surface area (TPSA) is 78.9 Å². The molecule has 0 aromatic heterocycles. The van der Waals surface area contributed by atoms with Crippen LogP contribution in [0.3, 0.4) is 0 Å². The Morgan fingerprint density at radius 3 is 0.961 bits per heavy atom. The number of ether oxygens (including phenoxy) is 3. The minimum atomic E-state index is -0.757. The molecule has 302 valence electrons. The third-order valence-corrected chi connectivity index (χ3v) is 10.0. The van der Waals surface area contributed by atoms with E-state index in [1.807, 2.05) is 0 Å². The molecule has 6 nitrogen and oxygen atoms in total. The van der Waals surface area contributed by atoms with Crippen LogP contribution in [0.1, 0.15) is 246 Å². The van der Waals surface area contributed by atoms with Crippen LogP contribution >= 0.6 is 0 Å². The van der Waals surface area contributed by atoms with Gasteiger partial charge in [0.25, 0.3) is 0 Å². The Labute approximate surface area is 317 Å². The van der Waals surface area contributed by atoms with E-state index in [4.69, 9.17) is 14.2 Å². The standard InChI is InChI=1S/C45H86O6/c1-5-7-9-11-13-14-15-18-22-26-30-34-38-45(48)51-42(39-49-43(46)36-32-28-23-12-10-8-6-2)40-50-44(47)37-33-29-25-21-19-16-17-20-24-27-31-35-41(3)4/h41-42H,5-40H2,1-4H3/t42-/m0/s1. The first-order valence-electron chi connectivity index (χ1n) is 22.4. The lowest BCUT2D eigenvalue weighted by Gasteiger charge is -2.18. The minimum Gasteiger partial charge on any atom is -0.462 e. The highest BCUT2D eigenvalue weighted by Crippen LogP contribution is 2.16. The van der Waals surface area contributed by atoms with E-state index in [-0.39, 0.29) is 31.1 Å². The number of carbonyl (C=O) groups excluding carboxylic acids is 3. The average Bonchev–Trinajstić information content (AvgIpc) is 3.11. The minimum absolute atomic E-state index is 0.0643. The summed E-state index contributed by atoms with van der Waals surface area (Å²) in [5.41, 5.74) is 0. The lowest BCUT2D eigenvalue weighted by Crippen LogP contribution is -2.30. The fourth-order valence-electron chi connectivity index (χ4n) is 6.63. The lowest BCUT2D eigenvalue weighted by atomic mass is 10.0. The summed E-state index contributed by atoms with van der Waals surface area (Å²) in [5.74, 6) is -0.0346. The molecule has 0 saturated heterocycles. The maximum Gasteiger partial charge on any atom is 0.306 e. The molecule has 0 fully saturated rings. The van der Waals surface area contributed by atoms with E-state index in [1.54, 1.807) is 0 Å². The summed E-state index contributed by atoms with van der Waals surface area (Å²) < 4.78 is 16.6. The Morgan fingerprint density at radius 2 is 0.647 bits per heavy atom. The molecule has 0 unspecified atom stereocenters. The van der Waals surface area contributed by atoms with Gasteiger partial charge >= 0.3 is 17.9 Å². The monoisotopic (exact) mass is 723 g/mol. The predicted octanol–water partition coefficient (Wildman–Crippen LogP) is 13.9. The van der Waals surface area contributed by atoms with Crippen molar-refractivity contribution in [3.05, 3.63) is 0 Å².